The third kappa shape index (κ3) is 4.29. The molecule has 0 saturated heterocycles. The van der Waals surface area contributed by atoms with Crippen molar-refractivity contribution in [3.63, 3.8) is 0 Å². The standard InChI is InChI=1S/C7H10N2O2/c1-2-11-7(9)3-6(4-8)5-10/h7H,2-3,9H2,1H3. The summed E-state index contributed by atoms with van der Waals surface area (Å²) in [6.07, 6.45) is -0.440. The van der Waals surface area contributed by atoms with Crippen molar-refractivity contribution in [2.24, 2.45) is 5.73 Å². The van der Waals surface area contributed by atoms with E-state index in [1.54, 1.807) is 13.0 Å². The van der Waals surface area contributed by atoms with Crippen molar-refractivity contribution in [3.8, 4) is 6.07 Å². The summed E-state index contributed by atoms with van der Waals surface area (Å²) in [5.74, 6) is 1.49. The minimum Gasteiger partial charge on any atom is -0.363 e. The molecule has 0 radical (unpaired) electrons. The van der Waals surface area contributed by atoms with Crippen molar-refractivity contribution < 1.29 is 9.53 Å². The molecule has 0 spiro atoms. The van der Waals surface area contributed by atoms with Crippen LogP contribution < -0.4 is 5.73 Å². The van der Waals surface area contributed by atoms with Crippen molar-refractivity contribution in [1.29, 1.82) is 5.26 Å². The van der Waals surface area contributed by atoms with Gasteiger partial charge in [-0.25, -0.2) is 4.79 Å². The van der Waals surface area contributed by atoms with Gasteiger partial charge in [0.2, 0.25) is 0 Å². The van der Waals surface area contributed by atoms with Crippen LogP contribution in [0.3, 0.4) is 0 Å². The topological polar surface area (TPSA) is 76.1 Å². The molecular weight excluding hydrogens is 144 g/mol. The molecule has 4 nitrogen and oxygen atoms in total. The normalized spacial score (nSPS) is 11.4. The minimum atomic E-state index is -0.573. The summed E-state index contributed by atoms with van der Waals surface area (Å²) in [6.45, 7) is 2.26. The summed E-state index contributed by atoms with van der Waals surface area (Å²) in [5, 5.41) is 8.28. The molecule has 0 aliphatic rings. The first kappa shape index (κ1) is 9.86. The van der Waals surface area contributed by atoms with Crippen LogP contribution in [-0.2, 0) is 9.53 Å². The molecule has 4 heteroatoms. The van der Waals surface area contributed by atoms with Crippen LogP contribution in [0.5, 0.6) is 0 Å². The highest BCUT2D eigenvalue weighted by Crippen LogP contribution is 1.99. The molecular formula is C7H10N2O2. The van der Waals surface area contributed by atoms with E-state index in [0.717, 1.165) is 0 Å². The Kier molecular flexibility index (Phi) is 5.05. The number of hydrogen-bond acceptors (Lipinski definition) is 4. The van der Waals surface area contributed by atoms with Gasteiger partial charge in [0.25, 0.3) is 0 Å². The second-order valence-corrected chi connectivity index (χ2v) is 1.89. The van der Waals surface area contributed by atoms with Gasteiger partial charge in [-0.3, -0.25) is 0 Å². The monoisotopic (exact) mass is 154 g/mol. The summed E-state index contributed by atoms with van der Waals surface area (Å²) in [5.41, 5.74) is 5.35. The largest absolute Gasteiger partial charge is 0.363 e. The Bertz CT molecular complexity index is 201. The van der Waals surface area contributed by atoms with Gasteiger partial charge >= 0.3 is 0 Å². The zero-order valence-corrected chi connectivity index (χ0v) is 6.33. The van der Waals surface area contributed by atoms with Crippen LogP contribution >= 0.6 is 0 Å². The van der Waals surface area contributed by atoms with Crippen LogP contribution in [0.4, 0.5) is 0 Å². The molecule has 0 heterocycles. The van der Waals surface area contributed by atoms with Crippen LogP contribution in [-0.4, -0.2) is 18.8 Å². The molecule has 0 aliphatic heterocycles. The Hall–Kier alpha value is -1.14. The highest BCUT2D eigenvalue weighted by molar-refractivity contribution is 5.58. The summed E-state index contributed by atoms with van der Waals surface area (Å²) in [7, 11) is 0. The van der Waals surface area contributed by atoms with Crippen molar-refractivity contribution in [3.05, 3.63) is 5.57 Å². The van der Waals surface area contributed by atoms with Gasteiger partial charge in [0.15, 0.2) is 0 Å². The fourth-order valence-corrected chi connectivity index (χ4v) is 0.584. The summed E-state index contributed by atoms with van der Waals surface area (Å²) >= 11 is 0. The first-order chi connectivity index (χ1) is 5.24. The van der Waals surface area contributed by atoms with Crippen LogP contribution in [0.1, 0.15) is 13.3 Å². The van der Waals surface area contributed by atoms with Gasteiger partial charge in [0.05, 0.1) is 0 Å². The highest BCUT2D eigenvalue weighted by Gasteiger charge is 2.05. The fraction of sp³-hybridized carbons (Fsp3) is 0.571. The van der Waals surface area contributed by atoms with Crippen molar-refractivity contribution in [2.45, 2.75) is 19.6 Å². The third-order valence-electron chi connectivity index (χ3n) is 1.04. The van der Waals surface area contributed by atoms with Gasteiger partial charge in [-0.15, -0.1) is 0 Å². The molecule has 1 atom stereocenters. The first-order valence-corrected chi connectivity index (χ1v) is 3.25. The third-order valence-corrected chi connectivity index (χ3v) is 1.04. The van der Waals surface area contributed by atoms with Crippen molar-refractivity contribution in [2.75, 3.05) is 6.61 Å². The van der Waals surface area contributed by atoms with E-state index in [2.05, 4.69) is 0 Å². The quantitative estimate of drug-likeness (QED) is 0.350. The van der Waals surface area contributed by atoms with E-state index in [1.807, 2.05) is 0 Å². The average molecular weight is 154 g/mol. The molecule has 0 fully saturated rings. The van der Waals surface area contributed by atoms with Gasteiger partial charge in [0, 0.05) is 13.0 Å². The zero-order chi connectivity index (χ0) is 8.69. The molecule has 0 amide bonds. The van der Waals surface area contributed by atoms with E-state index in [0.29, 0.717) is 6.61 Å². The summed E-state index contributed by atoms with van der Waals surface area (Å²) < 4.78 is 4.90. The average Bonchev–Trinajstić information content (AvgIpc) is 2.01. The second kappa shape index (κ2) is 5.63. The molecule has 1 unspecified atom stereocenters. The smallest absolute Gasteiger partial charge is 0.139 e. The number of hydrogen-bond donors (Lipinski definition) is 1. The molecule has 0 saturated carbocycles. The Morgan fingerprint density at radius 1 is 1.82 bits per heavy atom. The van der Waals surface area contributed by atoms with Crippen molar-refractivity contribution in [1.82, 2.24) is 0 Å². The Morgan fingerprint density at radius 2 is 2.45 bits per heavy atom. The Labute approximate surface area is 65.2 Å². The van der Waals surface area contributed by atoms with E-state index in [9.17, 15) is 4.79 Å². The Balaban J connectivity index is 3.85. The molecule has 60 valence electrons. The van der Waals surface area contributed by atoms with Gasteiger partial charge in [-0.05, 0) is 6.92 Å². The SMILES string of the molecule is CCOC(N)CC(=C=O)C#N. The number of nitriles is 1. The van der Waals surface area contributed by atoms with Crippen LogP contribution in [0.2, 0.25) is 0 Å². The highest BCUT2D eigenvalue weighted by atomic mass is 16.5. The van der Waals surface area contributed by atoms with Gasteiger partial charge in [-0.2, -0.15) is 5.26 Å². The number of carbonyl (C=O) groups excluding carboxylic acids is 1. The molecule has 11 heavy (non-hydrogen) atoms. The number of ether oxygens (including phenoxy) is 1. The van der Waals surface area contributed by atoms with Crippen LogP contribution in [0, 0.1) is 11.3 Å². The zero-order valence-electron chi connectivity index (χ0n) is 6.33. The molecule has 0 bridgehead atoms. The maximum Gasteiger partial charge on any atom is 0.139 e. The molecule has 0 aliphatic carbocycles. The number of nitrogens with zero attached hydrogens (tertiary/aromatic N) is 1. The molecule has 0 aromatic rings. The van der Waals surface area contributed by atoms with E-state index in [1.165, 1.54) is 5.94 Å². The fourth-order valence-electron chi connectivity index (χ4n) is 0.584. The van der Waals surface area contributed by atoms with Gasteiger partial charge in [0.1, 0.15) is 23.8 Å². The summed E-state index contributed by atoms with van der Waals surface area (Å²) in [4.78, 5) is 9.98. The predicted octanol–water partition coefficient (Wildman–Crippen LogP) is -0.0206. The second-order valence-electron chi connectivity index (χ2n) is 1.89. The lowest BCUT2D eigenvalue weighted by Crippen LogP contribution is -2.24. The lowest BCUT2D eigenvalue weighted by Gasteiger charge is -2.07. The maximum absolute atomic E-state index is 9.98. The predicted molar refractivity (Wildman–Crippen MR) is 39.0 cm³/mol. The molecule has 0 aromatic heterocycles. The van der Waals surface area contributed by atoms with E-state index >= 15 is 0 Å². The molecule has 0 aromatic carbocycles. The van der Waals surface area contributed by atoms with Gasteiger partial charge < -0.3 is 10.5 Å². The first-order valence-electron chi connectivity index (χ1n) is 3.25. The number of nitrogens with two attached hydrogens (primary N) is 1. The Morgan fingerprint density at radius 3 is 2.82 bits per heavy atom. The van der Waals surface area contributed by atoms with Gasteiger partial charge in [-0.1, -0.05) is 0 Å². The van der Waals surface area contributed by atoms with E-state index < -0.39 is 6.23 Å². The molecule has 2 N–H and O–H groups in total. The molecule has 0 rings (SSSR count). The number of rotatable bonds is 4. The lowest BCUT2D eigenvalue weighted by molar-refractivity contribution is 0.0690. The van der Waals surface area contributed by atoms with Crippen molar-refractivity contribution >= 4 is 5.94 Å². The minimum absolute atomic E-state index is 0.00838. The van der Waals surface area contributed by atoms with Crippen LogP contribution in [0.15, 0.2) is 5.57 Å². The maximum atomic E-state index is 9.98. The van der Waals surface area contributed by atoms with E-state index in [4.69, 9.17) is 15.7 Å². The van der Waals surface area contributed by atoms with E-state index in [-0.39, 0.29) is 12.0 Å². The summed E-state index contributed by atoms with van der Waals surface area (Å²) in [6, 6.07) is 1.67. The van der Waals surface area contributed by atoms with Crippen LogP contribution in [0.25, 0.3) is 0 Å². The lowest BCUT2D eigenvalue weighted by atomic mass is 10.2.